The second-order valence-electron chi connectivity index (χ2n) is 6.52. The van der Waals surface area contributed by atoms with Gasteiger partial charge in [0.05, 0.1) is 11.9 Å². The predicted molar refractivity (Wildman–Crippen MR) is 107 cm³/mol. The molecule has 1 atom stereocenters. The van der Waals surface area contributed by atoms with E-state index in [1.54, 1.807) is 19.1 Å². The molecule has 6 heteroatoms. The van der Waals surface area contributed by atoms with Gasteiger partial charge in [-0.05, 0) is 50.5 Å². The fourth-order valence-electron chi connectivity index (χ4n) is 2.93. The molecule has 0 aliphatic carbocycles. The summed E-state index contributed by atoms with van der Waals surface area (Å²) in [5.74, 6) is -0.361. The van der Waals surface area contributed by atoms with Crippen LogP contribution in [0, 0.1) is 13.8 Å². The van der Waals surface area contributed by atoms with Gasteiger partial charge in [0.1, 0.15) is 6.04 Å². The molecule has 0 bridgehead atoms. The number of para-hydroxylation sites is 1. The molecule has 1 N–H and O–H groups in total. The number of hydrogen-bond donors (Lipinski definition) is 1. The van der Waals surface area contributed by atoms with Crippen LogP contribution < -0.4 is 9.62 Å². The zero-order valence-corrected chi connectivity index (χ0v) is 16.7. The molecule has 0 heterocycles. The lowest BCUT2D eigenvalue weighted by Crippen LogP contribution is -2.45. The van der Waals surface area contributed by atoms with E-state index in [9.17, 15) is 13.2 Å². The Hall–Kier alpha value is -2.34. The van der Waals surface area contributed by atoms with Crippen LogP contribution in [-0.2, 0) is 21.2 Å². The van der Waals surface area contributed by atoms with E-state index in [4.69, 9.17) is 0 Å². The highest BCUT2D eigenvalue weighted by Gasteiger charge is 2.29. The molecule has 1 amide bonds. The number of sulfonamides is 1. The van der Waals surface area contributed by atoms with Crippen molar-refractivity contribution in [2.75, 3.05) is 15.9 Å². The molecule has 1 unspecified atom stereocenters. The first-order valence-corrected chi connectivity index (χ1v) is 10.5. The second kappa shape index (κ2) is 7.91. The fraction of sp³-hybridized carbons (Fsp3) is 0.350. The van der Waals surface area contributed by atoms with Gasteiger partial charge in [0.25, 0.3) is 0 Å². The van der Waals surface area contributed by atoms with Gasteiger partial charge in [-0.2, -0.15) is 0 Å². The molecule has 0 aromatic heterocycles. The minimum Gasteiger partial charge on any atom is -0.324 e. The molecule has 5 nitrogen and oxygen atoms in total. The van der Waals surface area contributed by atoms with Crippen LogP contribution in [0.3, 0.4) is 0 Å². The standard InChI is InChI=1S/C20H26N2O3S/c1-6-17-9-7-8-15(3)19(17)21-20(23)16(4)22(26(5,24)25)18-12-10-14(2)11-13-18/h7-13,16H,6H2,1-5H3,(H,21,23). The van der Waals surface area contributed by atoms with E-state index in [-0.39, 0.29) is 5.91 Å². The lowest BCUT2D eigenvalue weighted by atomic mass is 10.1. The fourth-order valence-corrected chi connectivity index (χ4v) is 4.10. The number of hydrogen-bond acceptors (Lipinski definition) is 3. The summed E-state index contributed by atoms with van der Waals surface area (Å²) in [5.41, 5.74) is 4.22. The molecule has 2 aromatic rings. The van der Waals surface area contributed by atoms with Gasteiger partial charge < -0.3 is 5.32 Å². The SMILES string of the molecule is CCc1cccc(C)c1NC(=O)C(C)N(c1ccc(C)cc1)S(C)(=O)=O. The second-order valence-corrected chi connectivity index (χ2v) is 8.38. The summed E-state index contributed by atoms with van der Waals surface area (Å²) in [6.07, 6.45) is 1.89. The summed E-state index contributed by atoms with van der Waals surface area (Å²) >= 11 is 0. The van der Waals surface area contributed by atoms with Crippen molar-refractivity contribution in [2.24, 2.45) is 0 Å². The van der Waals surface area contributed by atoms with E-state index >= 15 is 0 Å². The van der Waals surface area contributed by atoms with Crippen LogP contribution in [0.15, 0.2) is 42.5 Å². The maximum Gasteiger partial charge on any atom is 0.248 e. The van der Waals surface area contributed by atoms with E-state index < -0.39 is 16.1 Å². The van der Waals surface area contributed by atoms with Crippen molar-refractivity contribution < 1.29 is 13.2 Å². The van der Waals surface area contributed by atoms with Gasteiger partial charge in [0, 0.05) is 5.69 Å². The minimum atomic E-state index is -3.62. The van der Waals surface area contributed by atoms with Crippen LogP contribution in [0.2, 0.25) is 0 Å². The molecule has 0 saturated heterocycles. The molecule has 0 aliphatic heterocycles. The summed E-state index contributed by atoms with van der Waals surface area (Å²) in [4.78, 5) is 12.8. The summed E-state index contributed by atoms with van der Waals surface area (Å²) < 4.78 is 25.9. The lowest BCUT2D eigenvalue weighted by Gasteiger charge is -2.28. The molecule has 0 radical (unpaired) electrons. The Morgan fingerprint density at radius 2 is 1.73 bits per heavy atom. The Morgan fingerprint density at radius 1 is 1.12 bits per heavy atom. The quantitative estimate of drug-likeness (QED) is 0.839. The third-order valence-corrected chi connectivity index (χ3v) is 5.61. The van der Waals surface area contributed by atoms with Gasteiger partial charge >= 0.3 is 0 Å². The normalized spacial score (nSPS) is 12.5. The highest BCUT2D eigenvalue weighted by atomic mass is 32.2. The smallest absolute Gasteiger partial charge is 0.248 e. The Bertz CT molecular complexity index is 890. The highest BCUT2D eigenvalue weighted by molar-refractivity contribution is 7.92. The molecule has 2 aromatic carbocycles. The van der Waals surface area contributed by atoms with Crippen LogP contribution in [0.25, 0.3) is 0 Å². The van der Waals surface area contributed by atoms with Crippen LogP contribution in [0.5, 0.6) is 0 Å². The highest BCUT2D eigenvalue weighted by Crippen LogP contribution is 2.24. The zero-order chi connectivity index (χ0) is 19.5. The average molecular weight is 375 g/mol. The Kier molecular flexibility index (Phi) is 6.08. The molecular formula is C20H26N2O3S. The van der Waals surface area contributed by atoms with Crippen LogP contribution in [0.1, 0.15) is 30.5 Å². The van der Waals surface area contributed by atoms with E-state index in [2.05, 4.69) is 5.32 Å². The number of nitrogens with one attached hydrogen (secondary N) is 1. The first-order chi connectivity index (χ1) is 12.1. The van der Waals surface area contributed by atoms with E-state index in [0.29, 0.717) is 5.69 Å². The van der Waals surface area contributed by atoms with Gasteiger partial charge in [-0.1, -0.05) is 42.8 Å². The molecule has 0 spiro atoms. The third kappa shape index (κ3) is 4.43. The number of nitrogens with zero attached hydrogens (tertiary/aromatic N) is 1. The number of anilines is 2. The maximum absolute atomic E-state index is 12.8. The lowest BCUT2D eigenvalue weighted by molar-refractivity contribution is -0.116. The van der Waals surface area contributed by atoms with Crippen molar-refractivity contribution in [1.29, 1.82) is 0 Å². The number of benzene rings is 2. The summed E-state index contributed by atoms with van der Waals surface area (Å²) in [5, 5.41) is 2.92. The number of carbonyl (C=O) groups excluding carboxylic acids is 1. The van der Waals surface area contributed by atoms with Crippen LogP contribution in [0.4, 0.5) is 11.4 Å². The van der Waals surface area contributed by atoms with Crippen molar-refractivity contribution in [3.05, 3.63) is 59.2 Å². The van der Waals surface area contributed by atoms with Crippen molar-refractivity contribution in [3.63, 3.8) is 0 Å². The third-order valence-electron chi connectivity index (χ3n) is 4.37. The molecule has 140 valence electrons. The number of aryl methyl sites for hydroxylation is 3. The molecular weight excluding hydrogens is 348 g/mol. The summed E-state index contributed by atoms with van der Waals surface area (Å²) in [6.45, 7) is 7.46. The summed E-state index contributed by atoms with van der Waals surface area (Å²) in [7, 11) is -3.62. The van der Waals surface area contributed by atoms with Crippen LogP contribution >= 0.6 is 0 Å². The van der Waals surface area contributed by atoms with Gasteiger partial charge in [-0.15, -0.1) is 0 Å². The molecule has 0 saturated carbocycles. The van der Waals surface area contributed by atoms with E-state index in [1.165, 1.54) is 0 Å². The maximum atomic E-state index is 12.8. The van der Waals surface area contributed by atoms with Crippen molar-refractivity contribution >= 4 is 27.3 Å². The number of amides is 1. The van der Waals surface area contributed by atoms with Crippen molar-refractivity contribution in [2.45, 2.75) is 40.2 Å². The van der Waals surface area contributed by atoms with Gasteiger partial charge in [0.15, 0.2) is 0 Å². The number of rotatable bonds is 6. The largest absolute Gasteiger partial charge is 0.324 e. The molecule has 26 heavy (non-hydrogen) atoms. The van der Waals surface area contributed by atoms with Gasteiger partial charge in [0.2, 0.25) is 15.9 Å². The van der Waals surface area contributed by atoms with Gasteiger partial charge in [-0.3, -0.25) is 9.10 Å². The minimum absolute atomic E-state index is 0.361. The predicted octanol–water partition coefficient (Wildman–Crippen LogP) is 3.66. The summed E-state index contributed by atoms with van der Waals surface area (Å²) in [6, 6.07) is 12.0. The van der Waals surface area contributed by atoms with Crippen LogP contribution in [-0.4, -0.2) is 26.6 Å². The average Bonchev–Trinajstić information content (AvgIpc) is 2.57. The van der Waals surface area contributed by atoms with Gasteiger partial charge in [-0.25, -0.2) is 8.42 Å². The topological polar surface area (TPSA) is 66.5 Å². The molecule has 0 aliphatic rings. The van der Waals surface area contributed by atoms with E-state index in [1.807, 2.05) is 51.1 Å². The first-order valence-electron chi connectivity index (χ1n) is 8.60. The Balaban J connectivity index is 2.36. The Labute approximate surface area is 156 Å². The monoisotopic (exact) mass is 374 g/mol. The zero-order valence-electron chi connectivity index (χ0n) is 15.9. The first kappa shape index (κ1) is 20.0. The van der Waals surface area contributed by atoms with Crippen molar-refractivity contribution in [3.8, 4) is 0 Å². The molecule has 2 rings (SSSR count). The molecule has 0 fully saturated rings. The van der Waals surface area contributed by atoms with Crippen molar-refractivity contribution in [1.82, 2.24) is 0 Å². The number of carbonyl (C=O) groups is 1. The Morgan fingerprint density at radius 3 is 2.27 bits per heavy atom. The van der Waals surface area contributed by atoms with E-state index in [0.717, 1.165) is 39.4 Å².